The molecule has 6 nitrogen and oxygen atoms in total. The number of pyridine rings is 1. The minimum absolute atomic E-state index is 0.129. The van der Waals surface area contributed by atoms with Gasteiger partial charge >= 0.3 is 0 Å². The number of amides is 1. The topological polar surface area (TPSA) is 85.7 Å². The van der Waals surface area contributed by atoms with Crippen molar-refractivity contribution in [2.24, 2.45) is 0 Å². The molecule has 6 heteroatoms. The molecule has 0 aromatic carbocycles. The van der Waals surface area contributed by atoms with Crippen LogP contribution in [0, 0.1) is 0 Å². The first-order valence-corrected chi connectivity index (χ1v) is 5.37. The molecule has 0 unspecified atom stereocenters. The normalized spacial score (nSPS) is 10.1. The quantitative estimate of drug-likeness (QED) is 0.626. The summed E-state index contributed by atoms with van der Waals surface area (Å²) < 4.78 is 0. The van der Waals surface area contributed by atoms with Crippen LogP contribution in [0.5, 0.6) is 0 Å². The highest BCUT2D eigenvalue weighted by molar-refractivity contribution is 5.94. The number of aliphatic hydroxyl groups is 2. The molecule has 0 saturated carbocycles. The molecule has 0 aliphatic heterocycles. The predicted octanol–water partition coefficient (Wildman–Crippen LogP) is -0.450. The maximum absolute atomic E-state index is 12.0. The maximum Gasteiger partial charge on any atom is 0.254 e. The fourth-order valence-corrected chi connectivity index (χ4v) is 1.44. The first-order valence-electron chi connectivity index (χ1n) is 5.37. The lowest BCUT2D eigenvalue weighted by molar-refractivity contribution is 0.0685. The van der Waals surface area contributed by atoms with E-state index < -0.39 is 0 Å². The molecule has 0 atom stereocenters. The van der Waals surface area contributed by atoms with E-state index >= 15 is 0 Å². The number of rotatable bonds is 6. The average molecular weight is 239 g/mol. The van der Waals surface area contributed by atoms with Crippen molar-refractivity contribution in [3.05, 3.63) is 23.9 Å². The van der Waals surface area contributed by atoms with E-state index in [1.54, 1.807) is 19.2 Å². The Hall–Kier alpha value is -1.66. The lowest BCUT2D eigenvalue weighted by Gasteiger charge is -2.20. The number of aromatic nitrogens is 1. The van der Waals surface area contributed by atoms with E-state index in [0.29, 0.717) is 11.4 Å². The molecule has 3 N–H and O–H groups in total. The fraction of sp³-hybridized carbons (Fsp3) is 0.455. The monoisotopic (exact) mass is 239 g/mol. The van der Waals surface area contributed by atoms with Gasteiger partial charge in [0.15, 0.2) is 0 Å². The molecule has 1 aromatic rings. The number of aliphatic hydroxyl groups excluding tert-OH is 2. The van der Waals surface area contributed by atoms with Gasteiger partial charge in [0.2, 0.25) is 0 Å². The van der Waals surface area contributed by atoms with Crippen LogP contribution in [0.25, 0.3) is 0 Å². The maximum atomic E-state index is 12.0. The summed E-state index contributed by atoms with van der Waals surface area (Å²) in [6.45, 7) is 0.151. The van der Waals surface area contributed by atoms with Crippen LogP contribution in [0.15, 0.2) is 18.3 Å². The van der Waals surface area contributed by atoms with Gasteiger partial charge in [0.1, 0.15) is 5.82 Å². The third-order valence-electron chi connectivity index (χ3n) is 2.29. The Labute approximate surface area is 99.9 Å². The summed E-state index contributed by atoms with van der Waals surface area (Å²) >= 11 is 0. The zero-order valence-electron chi connectivity index (χ0n) is 9.76. The molecule has 0 saturated heterocycles. The van der Waals surface area contributed by atoms with Crippen LogP contribution in [-0.4, -0.2) is 59.4 Å². The third-order valence-corrected chi connectivity index (χ3v) is 2.29. The van der Waals surface area contributed by atoms with Gasteiger partial charge in [-0.05, 0) is 12.1 Å². The second-order valence-corrected chi connectivity index (χ2v) is 3.42. The van der Waals surface area contributed by atoms with E-state index in [0.717, 1.165) is 0 Å². The van der Waals surface area contributed by atoms with Gasteiger partial charge in [0, 0.05) is 31.9 Å². The van der Waals surface area contributed by atoms with Gasteiger partial charge in [-0.15, -0.1) is 0 Å². The Morgan fingerprint density at radius 3 is 2.59 bits per heavy atom. The number of hydrogen-bond acceptors (Lipinski definition) is 5. The summed E-state index contributed by atoms with van der Waals surface area (Å²) in [5, 5.41) is 20.6. The number of nitrogens with zero attached hydrogens (tertiary/aromatic N) is 2. The molecule has 17 heavy (non-hydrogen) atoms. The van der Waals surface area contributed by atoms with Crippen LogP contribution < -0.4 is 5.32 Å². The Morgan fingerprint density at radius 1 is 1.41 bits per heavy atom. The van der Waals surface area contributed by atoms with Crippen molar-refractivity contribution in [2.75, 3.05) is 38.7 Å². The second-order valence-electron chi connectivity index (χ2n) is 3.42. The van der Waals surface area contributed by atoms with Gasteiger partial charge in [0.25, 0.3) is 5.91 Å². The molecule has 0 bridgehead atoms. The summed E-state index contributed by atoms with van der Waals surface area (Å²) in [7, 11) is 1.72. The number of hydrogen-bond donors (Lipinski definition) is 3. The Morgan fingerprint density at radius 2 is 2.06 bits per heavy atom. The van der Waals surface area contributed by atoms with E-state index in [4.69, 9.17) is 10.2 Å². The number of carbonyl (C=O) groups excluding carboxylic acids is 1. The van der Waals surface area contributed by atoms with Gasteiger partial charge in [-0.25, -0.2) is 4.98 Å². The zero-order valence-corrected chi connectivity index (χ0v) is 9.76. The van der Waals surface area contributed by atoms with Crippen molar-refractivity contribution < 1.29 is 15.0 Å². The smallest absolute Gasteiger partial charge is 0.254 e. The van der Waals surface area contributed by atoms with E-state index in [9.17, 15) is 4.79 Å². The highest BCUT2D eigenvalue weighted by Gasteiger charge is 2.15. The zero-order chi connectivity index (χ0) is 12.7. The molecule has 0 aliphatic carbocycles. The molecule has 1 amide bonds. The first-order chi connectivity index (χ1) is 8.22. The lowest BCUT2D eigenvalue weighted by atomic mass is 10.2. The third kappa shape index (κ3) is 3.69. The average Bonchev–Trinajstić information content (AvgIpc) is 2.38. The fourth-order valence-electron chi connectivity index (χ4n) is 1.44. The first kappa shape index (κ1) is 13.4. The van der Waals surface area contributed by atoms with Crippen molar-refractivity contribution in [1.29, 1.82) is 0 Å². The number of nitrogens with one attached hydrogen (secondary N) is 1. The second kappa shape index (κ2) is 6.82. The summed E-state index contributed by atoms with van der Waals surface area (Å²) in [6.07, 6.45) is 1.54. The standard InChI is InChI=1S/C11H17N3O3/c1-12-10-8-9(2-3-13-10)11(17)14(4-6-15)5-7-16/h2-3,8,15-16H,4-7H2,1H3,(H,12,13). The van der Waals surface area contributed by atoms with Crippen molar-refractivity contribution >= 4 is 11.7 Å². The molecule has 0 fully saturated rings. The SMILES string of the molecule is CNc1cc(C(=O)N(CCO)CCO)ccn1. The largest absolute Gasteiger partial charge is 0.395 e. The van der Waals surface area contributed by atoms with Gasteiger partial charge in [-0.1, -0.05) is 0 Å². The van der Waals surface area contributed by atoms with Gasteiger partial charge in [-0.3, -0.25) is 4.79 Å². The number of carbonyl (C=O) groups is 1. The minimum atomic E-state index is -0.230. The molecular weight excluding hydrogens is 222 g/mol. The van der Waals surface area contributed by atoms with Crippen LogP contribution in [0.3, 0.4) is 0 Å². The Kier molecular flexibility index (Phi) is 5.38. The lowest BCUT2D eigenvalue weighted by Crippen LogP contribution is -2.35. The van der Waals surface area contributed by atoms with Crippen LogP contribution >= 0.6 is 0 Å². The highest BCUT2D eigenvalue weighted by atomic mass is 16.3. The van der Waals surface area contributed by atoms with Crippen molar-refractivity contribution in [3.8, 4) is 0 Å². The summed E-state index contributed by atoms with van der Waals surface area (Å²) in [6, 6.07) is 3.23. The molecule has 1 heterocycles. The Balaban J connectivity index is 2.84. The molecule has 94 valence electrons. The van der Waals surface area contributed by atoms with E-state index in [1.807, 2.05) is 0 Å². The molecule has 0 aliphatic rings. The molecule has 0 radical (unpaired) electrons. The van der Waals surface area contributed by atoms with Crippen molar-refractivity contribution in [1.82, 2.24) is 9.88 Å². The summed E-state index contributed by atoms with van der Waals surface area (Å²) in [5.41, 5.74) is 0.478. The van der Waals surface area contributed by atoms with Crippen LogP contribution in [0.2, 0.25) is 0 Å². The van der Waals surface area contributed by atoms with E-state index in [2.05, 4.69) is 10.3 Å². The minimum Gasteiger partial charge on any atom is -0.395 e. The van der Waals surface area contributed by atoms with Crippen LogP contribution in [-0.2, 0) is 0 Å². The summed E-state index contributed by atoms with van der Waals surface area (Å²) in [5.74, 6) is 0.371. The van der Waals surface area contributed by atoms with Gasteiger partial charge in [-0.2, -0.15) is 0 Å². The highest BCUT2D eigenvalue weighted by Crippen LogP contribution is 2.09. The Bertz CT molecular complexity index is 365. The molecule has 0 spiro atoms. The van der Waals surface area contributed by atoms with Crippen molar-refractivity contribution in [2.45, 2.75) is 0 Å². The molecule has 1 rings (SSSR count). The van der Waals surface area contributed by atoms with Crippen molar-refractivity contribution in [3.63, 3.8) is 0 Å². The molecule has 1 aromatic heterocycles. The number of anilines is 1. The molecular formula is C11H17N3O3. The summed E-state index contributed by atoms with van der Waals surface area (Å²) in [4.78, 5) is 17.4. The van der Waals surface area contributed by atoms with E-state index in [1.165, 1.54) is 11.1 Å². The van der Waals surface area contributed by atoms with Gasteiger partial charge < -0.3 is 20.4 Å². The van der Waals surface area contributed by atoms with Crippen LogP contribution in [0.4, 0.5) is 5.82 Å². The predicted molar refractivity (Wildman–Crippen MR) is 63.9 cm³/mol. The van der Waals surface area contributed by atoms with Gasteiger partial charge in [0.05, 0.1) is 13.2 Å². The van der Waals surface area contributed by atoms with E-state index in [-0.39, 0.29) is 32.2 Å². The van der Waals surface area contributed by atoms with Crippen LogP contribution in [0.1, 0.15) is 10.4 Å².